The normalized spacial score (nSPS) is 15.5. The van der Waals surface area contributed by atoms with Crippen LogP contribution in [0.1, 0.15) is 5.69 Å². The average molecular weight is 434 g/mol. The summed E-state index contributed by atoms with van der Waals surface area (Å²) in [5.74, 6) is 0.915. The maximum Gasteiger partial charge on any atom is 0.263 e. The van der Waals surface area contributed by atoms with E-state index in [-0.39, 0.29) is 5.56 Å². The Balaban J connectivity index is 1.49. The molecule has 0 bridgehead atoms. The van der Waals surface area contributed by atoms with Crippen LogP contribution in [0.4, 0.5) is 5.69 Å². The van der Waals surface area contributed by atoms with Crippen molar-refractivity contribution in [3.63, 3.8) is 0 Å². The Kier molecular flexibility index (Phi) is 5.02. The molecule has 0 saturated carbocycles. The standard InChI is InChI=1S/C19H20BrN3O2S/c1-25-16-5-3-2-4-15(16)23-9-7-22(8-10-23)12-14-18-13(6-11-26-18)17(20)19(24)21-14/h2-6,11H,7-10,12H2,1H3,(H,21,24). The fraction of sp³-hybridized carbons (Fsp3) is 0.316. The van der Waals surface area contributed by atoms with Gasteiger partial charge in [-0.05, 0) is 39.5 Å². The van der Waals surface area contributed by atoms with Gasteiger partial charge in [0.05, 0.1) is 27.7 Å². The molecule has 1 aliphatic rings. The second-order valence-corrected chi connectivity index (χ2v) is 8.05. The number of thiophene rings is 1. The fourth-order valence-electron chi connectivity index (χ4n) is 3.46. The summed E-state index contributed by atoms with van der Waals surface area (Å²) in [5, 5.41) is 3.03. The summed E-state index contributed by atoms with van der Waals surface area (Å²) in [6.07, 6.45) is 0. The van der Waals surface area contributed by atoms with E-state index in [0.717, 1.165) is 59.9 Å². The number of fused-ring (bicyclic) bond motifs is 1. The van der Waals surface area contributed by atoms with Gasteiger partial charge in [-0.1, -0.05) is 12.1 Å². The average Bonchev–Trinajstić information content (AvgIpc) is 3.17. The molecule has 2 aromatic heterocycles. The van der Waals surface area contributed by atoms with E-state index in [2.05, 4.69) is 36.8 Å². The van der Waals surface area contributed by atoms with E-state index in [1.807, 2.05) is 29.6 Å². The van der Waals surface area contributed by atoms with Crippen LogP contribution in [0.3, 0.4) is 0 Å². The molecule has 0 atom stereocenters. The van der Waals surface area contributed by atoms with Gasteiger partial charge < -0.3 is 14.6 Å². The Morgan fingerprint density at radius 2 is 1.96 bits per heavy atom. The molecule has 0 aliphatic carbocycles. The van der Waals surface area contributed by atoms with Crippen LogP contribution in [-0.4, -0.2) is 43.2 Å². The zero-order valence-electron chi connectivity index (χ0n) is 14.5. The summed E-state index contributed by atoms with van der Waals surface area (Å²) in [4.78, 5) is 20.0. The molecule has 0 amide bonds. The summed E-state index contributed by atoms with van der Waals surface area (Å²) in [6, 6.07) is 10.2. The molecular formula is C19H20BrN3O2S. The Hall–Kier alpha value is -1.83. The number of methoxy groups -OCH3 is 1. The minimum atomic E-state index is -0.0569. The van der Waals surface area contributed by atoms with Crippen molar-refractivity contribution in [3.8, 4) is 5.75 Å². The van der Waals surface area contributed by atoms with Gasteiger partial charge in [-0.3, -0.25) is 9.69 Å². The van der Waals surface area contributed by atoms with Crippen molar-refractivity contribution in [3.05, 3.63) is 56.2 Å². The molecule has 7 heteroatoms. The van der Waals surface area contributed by atoms with Gasteiger partial charge in [0.15, 0.2) is 0 Å². The van der Waals surface area contributed by atoms with Crippen molar-refractivity contribution in [2.45, 2.75) is 6.54 Å². The van der Waals surface area contributed by atoms with Gasteiger partial charge >= 0.3 is 0 Å². The Labute approximate surface area is 164 Å². The van der Waals surface area contributed by atoms with Crippen molar-refractivity contribution in [1.82, 2.24) is 9.88 Å². The molecule has 3 aromatic rings. The van der Waals surface area contributed by atoms with E-state index >= 15 is 0 Å². The molecule has 5 nitrogen and oxygen atoms in total. The van der Waals surface area contributed by atoms with E-state index in [9.17, 15) is 4.79 Å². The highest BCUT2D eigenvalue weighted by atomic mass is 79.9. The number of pyridine rings is 1. The lowest BCUT2D eigenvalue weighted by Crippen LogP contribution is -2.46. The van der Waals surface area contributed by atoms with Gasteiger partial charge in [0.25, 0.3) is 5.56 Å². The summed E-state index contributed by atoms with van der Waals surface area (Å²) < 4.78 is 7.27. The molecule has 3 heterocycles. The highest BCUT2D eigenvalue weighted by molar-refractivity contribution is 9.10. The number of rotatable bonds is 4. The topological polar surface area (TPSA) is 48.6 Å². The smallest absolute Gasteiger partial charge is 0.263 e. The number of nitrogens with zero attached hydrogens (tertiary/aromatic N) is 2. The summed E-state index contributed by atoms with van der Waals surface area (Å²) in [6.45, 7) is 4.54. The number of benzene rings is 1. The first kappa shape index (κ1) is 17.6. The lowest BCUT2D eigenvalue weighted by Gasteiger charge is -2.36. The zero-order chi connectivity index (χ0) is 18.1. The van der Waals surface area contributed by atoms with Gasteiger partial charge in [-0.15, -0.1) is 11.3 Å². The second-order valence-electron chi connectivity index (χ2n) is 6.35. The third-order valence-electron chi connectivity index (χ3n) is 4.82. The van der Waals surface area contributed by atoms with Crippen molar-refractivity contribution < 1.29 is 4.74 Å². The van der Waals surface area contributed by atoms with E-state index in [1.165, 1.54) is 0 Å². The largest absolute Gasteiger partial charge is 0.495 e. The summed E-state index contributed by atoms with van der Waals surface area (Å²) in [7, 11) is 1.71. The van der Waals surface area contributed by atoms with Crippen molar-refractivity contribution in [2.75, 3.05) is 38.2 Å². The number of aromatic nitrogens is 1. The second kappa shape index (κ2) is 7.42. The Morgan fingerprint density at radius 3 is 2.73 bits per heavy atom. The first-order valence-electron chi connectivity index (χ1n) is 8.55. The summed E-state index contributed by atoms with van der Waals surface area (Å²) in [5.41, 5.74) is 2.10. The molecule has 0 spiro atoms. The maximum absolute atomic E-state index is 12.2. The number of anilines is 1. The number of nitrogens with one attached hydrogen (secondary N) is 1. The van der Waals surface area contributed by atoms with Crippen LogP contribution in [0.5, 0.6) is 5.75 Å². The Morgan fingerprint density at radius 1 is 1.19 bits per heavy atom. The highest BCUT2D eigenvalue weighted by Crippen LogP contribution is 2.30. The molecule has 1 fully saturated rings. The molecule has 4 rings (SSSR count). The molecule has 1 aromatic carbocycles. The van der Waals surface area contributed by atoms with Crippen molar-refractivity contribution >= 4 is 43.0 Å². The van der Waals surface area contributed by atoms with Crippen LogP contribution in [0.25, 0.3) is 10.1 Å². The van der Waals surface area contributed by atoms with E-state index in [0.29, 0.717) is 4.47 Å². The molecule has 136 valence electrons. The van der Waals surface area contributed by atoms with Crippen LogP contribution >= 0.6 is 27.3 Å². The van der Waals surface area contributed by atoms with E-state index in [1.54, 1.807) is 18.4 Å². The third kappa shape index (κ3) is 3.26. The molecule has 1 saturated heterocycles. The lowest BCUT2D eigenvalue weighted by molar-refractivity contribution is 0.247. The van der Waals surface area contributed by atoms with Gasteiger partial charge in [0.2, 0.25) is 0 Å². The quantitative estimate of drug-likeness (QED) is 0.681. The number of halogens is 1. The number of para-hydroxylation sites is 2. The molecule has 1 aliphatic heterocycles. The molecule has 0 radical (unpaired) electrons. The van der Waals surface area contributed by atoms with Gasteiger partial charge in [-0.25, -0.2) is 0 Å². The van der Waals surface area contributed by atoms with Gasteiger partial charge in [-0.2, -0.15) is 0 Å². The highest BCUT2D eigenvalue weighted by Gasteiger charge is 2.21. The molecule has 1 N–H and O–H groups in total. The lowest BCUT2D eigenvalue weighted by atomic mass is 10.2. The number of piperazine rings is 1. The first-order chi connectivity index (χ1) is 12.7. The number of hydrogen-bond acceptors (Lipinski definition) is 5. The summed E-state index contributed by atoms with van der Waals surface area (Å²) >= 11 is 5.07. The number of hydrogen-bond donors (Lipinski definition) is 1. The van der Waals surface area contributed by atoms with Crippen LogP contribution in [-0.2, 0) is 6.54 Å². The monoisotopic (exact) mass is 433 g/mol. The predicted octanol–water partition coefficient (Wildman–Crippen LogP) is 3.68. The fourth-order valence-corrected chi connectivity index (χ4v) is 4.92. The maximum atomic E-state index is 12.2. The van der Waals surface area contributed by atoms with Crippen LogP contribution in [0.2, 0.25) is 0 Å². The number of H-pyrrole nitrogens is 1. The van der Waals surface area contributed by atoms with E-state index in [4.69, 9.17) is 4.74 Å². The minimum absolute atomic E-state index is 0.0569. The van der Waals surface area contributed by atoms with Gasteiger partial charge in [0, 0.05) is 38.1 Å². The van der Waals surface area contributed by atoms with Crippen LogP contribution in [0.15, 0.2) is 45.0 Å². The minimum Gasteiger partial charge on any atom is -0.495 e. The van der Waals surface area contributed by atoms with Crippen LogP contribution < -0.4 is 15.2 Å². The van der Waals surface area contributed by atoms with Gasteiger partial charge in [0.1, 0.15) is 5.75 Å². The zero-order valence-corrected chi connectivity index (χ0v) is 16.9. The SMILES string of the molecule is COc1ccccc1N1CCN(Cc2[nH]c(=O)c(Br)c3ccsc23)CC1. The Bertz CT molecular complexity index is 976. The molecule has 26 heavy (non-hydrogen) atoms. The number of aromatic amines is 1. The van der Waals surface area contributed by atoms with Crippen molar-refractivity contribution in [2.24, 2.45) is 0 Å². The first-order valence-corrected chi connectivity index (χ1v) is 10.2. The molecule has 0 unspecified atom stereocenters. The third-order valence-corrected chi connectivity index (χ3v) is 6.58. The number of ether oxygens (including phenoxy) is 1. The predicted molar refractivity (Wildman–Crippen MR) is 111 cm³/mol. The molecular weight excluding hydrogens is 414 g/mol. The van der Waals surface area contributed by atoms with Crippen LogP contribution in [0, 0.1) is 0 Å². The van der Waals surface area contributed by atoms with E-state index < -0.39 is 0 Å². The van der Waals surface area contributed by atoms with Crippen molar-refractivity contribution in [1.29, 1.82) is 0 Å².